The number of anilines is 1. The number of aliphatic hydroxyl groups excluding tert-OH is 1. The highest BCUT2D eigenvalue weighted by molar-refractivity contribution is 5.52. The van der Waals surface area contributed by atoms with Crippen LogP contribution in [0.1, 0.15) is 38.8 Å². The Bertz CT molecular complexity index is 424. The lowest BCUT2D eigenvalue weighted by atomic mass is 9.90. The molecule has 0 fully saturated rings. The maximum Gasteiger partial charge on any atom is 0.0970 e. The molecule has 16 heavy (non-hydrogen) atoms. The van der Waals surface area contributed by atoms with E-state index < -0.39 is 0 Å². The highest BCUT2D eigenvalue weighted by Gasteiger charge is 2.48. The number of rotatable bonds is 1. The summed E-state index contributed by atoms with van der Waals surface area (Å²) in [6.45, 7) is 8.56. The van der Waals surface area contributed by atoms with Gasteiger partial charge in [-0.25, -0.2) is 0 Å². The van der Waals surface area contributed by atoms with Crippen LogP contribution in [0.3, 0.4) is 0 Å². The third kappa shape index (κ3) is 1.28. The Balaban J connectivity index is 2.68. The van der Waals surface area contributed by atoms with Crippen LogP contribution < -0.4 is 5.73 Å². The second kappa shape index (κ2) is 3.22. The normalized spacial score (nSPS) is 22.1. The van der Waals surface area contributed by atoms with E-state index in [1.54, 1.807) is 0 Å². The molecule has 3 heteroatoms. The first-order chi connectivity index (χ1) is 7.31. The van der Waals surface area contributed by atoms with E-state index in [0.29, 0.717) is 0 Å². The van der Waals surface area contributed by atoms with Crippen LogP contribution in [0.15, 0.2) is 18.2 Å². The van der Waals surface area contributed by atoms with E-state index >= 15 is 0 Å². The molecule has 0 aromatic heterocycles. The minimum atomic E-state index is -0.178. The van der Waals surface area contributed by atoms with E-state index in [1.165, 1.54) is 11.1 Å². The fraction of sp³-hybridized carbons (Fsp3) is 0.538. The van der Waals surface area contributed by atoms with E-state index in [0.717, 1.165) is 5.69 Å². The Kier molecular flexibility index (Phi) is 2.30. The SMILES string of the molecule is CC1(C)c2ccc(N)cc2C(C)(C)N1CO. The van der Waals surface area contributed by atoms with Gasteiger partial charge in [-0.15, -0.1) is 0 Å². The van der Waals surface area contributed by atoms with Crippen LogP contribution in [-0.4, -0.2) is 16.7 Å². The first-order valence-corrected chi connectivity index (χ1v) is 5.61. The first kappa shape index (κ1) is 11.4. The van der Waals surface area contributed by atoms with Gasteiger partial charge in [-0.05, 0) is 51.0 Å². The second-order valence-electron chi connectivity index (χ2n) is 5.49. The number of fused-ring (bicyclic) bond motifs is 1. The second-order valence-corrected chi connectivity index (χ2v) is 5.49. The lowest BCUT2D eigenvalue weighted by Crippen LogP contribution is -2.45. The maximum atomic E-state index is 9.57. The lowest BCUT2D eigenvalue weighted by Gasteiger charge is -2.39. The summed E-state index contributed by atoms with van der Waals surface area (Å²) in [5.41, 5.74) is 8.76. The molecule has 0 spiro atoms. The van der Waals surface area contributed by atoms with Crippen molar-refractivity contribution in [3.63, 3.8) is 0 Å². The number of hydrogen-bond acceptors (Lipinski definition) is 3. The molecule has 88 valence electrons. The van der Waals surface area contributed by atoms with Gasteiger partial charge < -0.3 is 10.8 Å². The number of hydrogen-bond donors (Lipinski definition) is 2. The van der Waals surface area contributed by atoms with Crippen molar-refractivity contribution in [3.8, 4) is 0 Å². The van der Waals surface area contributed by atoms with Gasteiger partial charge >= 0.3 is 0 Å². The van der Waals surface area contributed by atoms with Gasteiger partial charge in [0.05, 0.1) is 6.73 Å². The number of aliphatic hydroxyl groups is 1. The van der Waals surface area contributed by atoms with Crippen molar-refractivity contribution in [2.45, 2.75) is 38.8 Å². The van der Waals surface area contributed by atoms with Gasteiger partial charge in [-0.1, -0.05) is 6.07 Å². The maximum absolute atomic E-state index is 9.57. The number of benzene rings is 1. The lowest BCUT2D eigenvalue weighted by molar-refractivity contribution is -0.0355. The van der Waals surface area contributed by atoms with Crippen LogP contribution in [0.25, 0.3) is 0 Å². The summed E-state index contributed by atoms with van der Waals surface area (Å²) in [7, 11) is 0. The van der Waals surface area contributed by atoms with E-state index in [-0.39, 0.29) is 17.8 Å². The Morgan fingerprint density at radius 2 is 1.69 bits per heavy atom. The Hall–Kier alpha value is -1.06. The van der Waals surface area contributed by atoms with Crippen LogP contribution >= 0.6 is 0 Å². The monoisotopic (exact) mass is 220 g/mol. The Labute approximate surface area is 96.9 Å². The molecule has 3 N–H and O–H groups in total. The zero-order chi connectivity index (χ0) is 12.1. The summed E-state index contributed by atoms with van der Waals surface area (Å²) >= 11 is 0. The van der Waals surface area contributed by atoms with Crippen LogP contribution in [0, 0.1) is 0 Å². The van der Waals surface area contributed by atoms with Gasteiger partial charge in [0.25, 0.3) is 0 Å². The third-order valence-electron chi connectivity index (χ3n) is 3.85. The van der Waals surface area contributed by atoms with Crippen molar-refractivity contribution in [1.29, 1.82) is 0 Å². The topological polar surface area (TPSA) is 49.5 Å². The molecule has 0 radical (unpaired) electrons. The molecule has 1 aromatic carbocycles. The number of nitrogens with two attached hydrogens (primary N) is 1. The summed E-state index contributed by atoms with van der Waals surface area (Å²) in [6.07, 6.45) is 0. The van der Waals surface area contributed by atoms with Gasteiger partial charge in [0.1, 0.15) is 0 Å². The van der Waals surface area contributed by atoms with Crippen LogP contribution in [0.2, 0.25) is 0 Å². The quantitative estimate of drug-likeness (QED) is 0.712. The van der Waals surface area contributed by atoms with Gasteiger partial charge in [0.15, 0.2) is 0 Å². The van der Waals surface area contributed by atoms with Crippen molar-refractivity contribution in [1.82, 2.24) is 4.90 Å². The minimum absolute atomic E-state index is 0.0502. The highest BCUT2D eigenvalue weighted by Crippen LogP contribution is 2.49. The molecule has 0 saturated carbocycles. The molecule has 0 amide bonds. The third-order valence-corrected chi connectivity index (χ3v) is 3.85. The van der Waals surface area contributed by atoms with Crippen LogP contribution in [0.5, 0.6) is 0 Å². The van der Waals surface area contributed by atoms with Gasteiger partial charge in [-0.3, -0.25) is 4.90 Å². The molecule has 1 aliphatic rings. The fourth-order valence-electron chi connectivity index (χ4n) is 2.94. The standard InChI is InChI=1S/C13H20N2O/c1-12(2)10-6-5-9(14)7-11(10)13(3,4)15(12)8-16/h5-7,16H,8,14H2,1-4H3. The smallest absolute Gasteiger partial charge is 0.0970 e. The first-order valence-electron chi connectivity index (χ1n) is 5.61. The molecule has 1 aromatic rings. The largest absolute Gasteiger partial charge is 0.399 e. The predicted molar refractivity (Wildman–Crippen MR) is 65.8 cm³/mol. The van der Waals surface area contributed by atoms with Gasteiger partial charge in [-0.2, -0.15) is 0 Å². The molecular formula is C13H20N2O. The summed E-state index contributed by atoms with van der Waals surface area (Å²) in [5, 5.41) is 9.57. The Morgan fingerprint density at radius 3 is 2.25 bits per heavy atom. The van der Waals surface area contributed by atoms with E-state index in [4.69, 9.17) is 5.73 Å². The average molecular weight is 220 g/mol. The van der Waals surface area contributed by atoms with Crippen molar-refractivity contribution in [2.24, 2.45) is 0 Å². The fourth-order valence-corrected chi connectivity index (χ4v) is 2.94. The van der Waals surface area contributed by atoms with E-state index in [2.05, 4.69) is 38.7 Å². The Morgan fingerprint density at radius 1 is 1.12 bits per heavy atom. The van der Waals surface area contributed by atoms with Gasteiger partial charge in [0.2, 0.25) is 0 Å². The van der Waals surface area contributed by atoms with E-state index in [1.807, 2.05) is 12.1 Å². The molecular weight excluding hydrogens is 200 g/mol. The van der Waals surface area contributed by atoms with Crippen molar-refractivity contribution < 1.29 is 5.11 Å². The molecule has 0 unspecified atom stereocenters. The molecule has 2 rings (SSSR count). The van der Waals surface area contributed by atoms with E-state index in [9.17, 15) is 5.11 Å². The van der Waals surface area contributed by atoms with Crippen molar-refractivity contribution >= 4 is 5.69 Å². The van der Waals surface area contributed by atoms with Crippen LogP contribution in [-0.2, 0) is 11.1 Å². The highest BCUT2D eigenvalue weighted by atomic mass is 16.3. The predicted octanol–water partition coefficient (Wildman–Crippen LogP) is 2.00. The molecule has 1 heterocycles. The number of nitrogens with zero attached hydrogens (tertiary/aromatic N) is 1. The number of nitrogen functional groups attached to an aromatic ring is 1. The van der Waals surface area contributed by atoms with Crippen molar-refractivity contribution in [3.05, 3.63) is 29.3 Å². The molecule has 0 saturated heterocycles. The zero-order valence-corrected chi connectivity index (χ0v) is 10.4. The summed E-state index contributed by atoms with van der Waals surface area (Å²) in [4.78, 5) is 2.09. The summed E-state index contributed by atoms with van der Waals surface area (Å²) < 4.78 is 0. The van der Waals surface area contributed by atoms with Gasteiger partial charge in [0, 0.05) is 16.8 Å². The average Bonchev–Trinajstić information content (AvgIpc) is 2.30. The molecule has 0 bridgehead atoms. The molecule has 0 atom stereocenters. The van der Waals surface area contributed by atoms with Crippen molar-refractivity contribution in [2.75, 3.05) is 12.5 Å². The van der Waals surface area contributed by atoms with Crippen LogP contribution in [0.4, 0.5) is 5.69 Å². The molecule has 3 nitrogen and oxygen atoms in total. The molecule has 1 aliphatic heterocycles. The summed E-state index contributed by atoms with van der Waals surface area (Å²) in [6, 6.07) is 6.02. The summed E-state index contributed by atoms with van der Waals surface area (Å²) in [5.74, 6) is 0. The zero-order valence-electron chi connectivity index (χ0n) is 10.4. The minimum Gasteiger partial charge on any atom is -0.399 e. The molecule has 0 aliphatic carbocycles.